The lowest BCUT2D eigenvalue weighted by Gasteiger charge is -1.98. The Morgan fingerprint density at radius 3 is 3.06 bits per heavy atom. The lowest BCUT2D eigenvalue weighted by atomic mass is 10.2. The van der Waals surface area contributed by atoms with Gasteiger partial charge in [0.2, 0.25) is 0 Å². The quantitative estimate of drug-likeness (QED) is 0.512. The van der Waals surface area contributed by atoms with Crippen LogP contribution in [0, 0.1) is 0 Å². The van der Waals surface area contributed by atoms with Gasteiger partial charge >= 0.3 is 0 Å². The van der Waals surface area contributed by atoms with Gasteiger partial charge in [-0.1, -0.05) is 25.1 Å². The minimum atomic E-state index is 0. The number of nitrogens with two attached hydrogens (primary N) is 1. The van der Waals surface area contributed by atoms with Gasteiger partial charge in [0.15, 0.2) is 6.04 Å². The lowest BCUT2D eigenvalue weighted by molar-refractivity contribution is -0.678. The standard InChI is InChI=1S/C10H17N3OS.ClH/c1-2-3-7-15-10-13-12-9(14-10)8-5-4-6-11-8;/h8,11H,2-7H2,1H3;1H/t8-;/m0./s1. The van der Waals surface area contributed by atoms with Crippen molar-refractivity contribution in [1.29, 1.82) is 0 Å². The Hall–Kier alpha value is -0.260. The average Bonchev–Trinajstić information content (AvgIpc) is 2.87. The van der Waals surface area contributed by atoms with E-state index in [4.69, 9.17) is 4.42 Å². The Kier molecular flexibility index (Phi) is 6.16. The van der Waals surface area contributed by atoms with Crippen LogP contribution >= 0.6 is 11.8 Å². The van der Waals surface area contributed by atoms with Crippen molar-refractivity contribution in [2.24, 2.45) is 0 Å². The first-order valence-electron chi connectivity index (χ1n) is 5.69. The van der Waals surface area contributed by atoms with Crippen molar-refractivity contribution in [2.75, 3.05) is 12.3 Å². The zero-order chi connectivity index (χ0) is 10.5. The second kappa shape index (κ2) is 7.14. The Morgan fingerprint density at radius 2 is 2.38 bits per heavy atom. The van der Waals surface area contributed by atoms with E-state index in [-0.39, 0.29) is 12.4 Å². The highest BCUT2D eigenvalue weighted by atomic mass is 35.5. The summed E-state index contributed by atoms with van der Waals surface area (Å²) in [5, 5.41) is 11.2. The zero-order valence-corrected chi connectivity index (χ0v) is 11.1. The predicted octanol–water partition coefficient (Wildman–Crippen LogP) is -1.64. The summed E-state index contributed by atoms with van der Waals surface area (Å²) in [6, 6.07) is 0.415. The monoisotopic (exact) mass is 263 g/mol. The van der Waals surface area contributed by atoms with Gasteiger partial charge in [-0.25, -0.2) is 0 Å². The van der Waals surface area contributed by atoms with E-state index in [9.17, 15) is 0 Å². The molecule has 0 amide bonds. The van der Waals surface area contributed by atoms with Gasteiger partial charge in [0.05, 0.1) is 6.54 Å². The summed E-state index contributed by atoms with van der Waals surface area (Å²) < 4.78 is 5.62. The highest BCUT2D eigenvalue weighted by Gasteiger charge is 2.25. The molecule has 0 unspecified atom stereocenters. The molecule has 1 aliphatic heterocycles. The Morgan fingerprint density at radius 1 is 1.50 bits per heavy atom. The number of hydrogen-bond donors (Lipinski definition) is 1. The van der Waals surface area contributed by atoms with E-state index in [0.717, 1.165) is 16.9 Å². The molecule has 0 aromatic carbocycles. The molecule has 0 bridgehead atoms. The van der Waals surface area contributed by atoms with Crippen LogP contribution in [0.1, 0.15) is 44.5 Å². The third kappa shape index (κ3) is 3.64. The number of thioether (sulfide) groups is 1. The van der Waals surface area contributed by atoms with Crippen LogP contribution in [0.25, 0.3) is 0 Å². The van der Waals surface area contributed by atoms with Gasteiger partial charge in [-0.2, -0.15) is 0 Å². The van der Waals surface area contributed by atoms with Gasteiger partial charge in [-0.15, -0.1) is 10.2 Å². The Labute approximate surface area is 106 Å². The molecule has 1 saturated heterocycles. The van der Waals surface area contributed by atoms with Crippen molar-refractivity contribution in [3.8, 4) is 0 Å². The van der Waals surface area contributed by atoms with Crippen molar-refractivity contribution >= 4 is 11.8 Å². The van der Waals surface area contributed by atoms with Crippen LogP contribution in [0.3, 0.4) is 0 Å². The van der Waals surface area contributed by atoms with E-state index in [1.165, 1.54) is 32.2 Å². The fourth-order valence-electron chi connectivity index (χ4n) is 1.73. The number of aromatic nitrogens is 2. The van der Waals surface area contributed by atoms with Crippen LogP contribution in [-0.2, 0) is 0 Å². The molecule has 1 aromatic rings. The van der Waals surface area contributed by atoms with Crippen LogP contribution < -0.4 is 17.7 Å². The summed E-state index contributed by atoms with van der Waals surface area (Å²) in [6.07, 6.45) is 4.84. The fourth-order valence-corrected chi connectivity index (χ4v) is 2.58. The fraction of sp³-hybridized carbons (Fsp3) is 0.800. The number of quaternary nitrogens is 1. The van der Waals surface area contributed by atoms with Crippen molar-refractivity contribution in [2.45, 2.75) is 43.9 Å². The van der Waals surface area contributed by atoms with E-state index in [1.54, 1.807) is 11.8 Å². The smallest absolute Gasteiger partial charge is 0.276 e. The molecular weight excluding hydrogens is 246 g/mol. The first-order valence-corrected chi connectivity index (χ1v) is 6.68. The van der Waals surface area contributed by atoms with Crippen LogP contribution in [0.2, 0.25) is 0 Å². The minimum Gasteiger partial charge on any atom is -1.00 e. The molecule has 1 aliphatic rings. The van der Waals surface area contributed by atoms with E-state index in [0.29, 0.717) is 6.04 Å². The maximum atomic E-state index is 5.62. The summed E-state index contributed by atoms with van der Waals surface area (Å²) in [7, 11) is 0. The van der Waals surface area contributed by atoms with Gasteiger partial charge in [0.25, 0.3) is 11.1 Å². The molecule has 92 valence electrons. The molecule has 0 radical (unpaired) electrons. The highest BCUT2D eigenvalue weighted by molar-refractivity contribution is 7.99. The first kappa shape index (κ1) is 13.8. The Balaban J connectivity index is 0.00000128. The SMILES string of the molecule is CCCCSc1nnc([C@@H]2CCC[NH2+]2)o1.[Cl-]. The molecule has 1 atom stereocenters. The normalized spacial score (nSPS) is 19.7. The largest absolute Gasteiger partial charge is 1.00 e. The van der Waals surface area contributed by atoms with E-state index >= 15 is 0 Å². The molecular formula is C10H18ClN3OS. The van der Waals surface area contributed by atoms with Crippen molar-refractivity contribution < 1.29 is 22.1 Å². The van der Waals surface area contributed by atoms with Gasteiger partial charge in [-0.05, 0) is 6.42 Å². The van der Waals surface area contributed by atoms with Gasteiger partial charge in [-0.3, -0.25) is 0 Å². The highest BCUT2D eigenvalue weighted by Crippen LogP contribution is 2.22. The summed E-state index contributed by atoms with van der Waals surface area (Å²) in [4.78, 5) is 0. The van der Waals surface area contributed by atoms with Gasteiger partial charge in [0.1, 0.15) is 0 Å². The molecule has 1 fully saturated rings. The van der Waals surface area contributed by atoms with Gasteiger partial charge in [0, 0.05) is 18.6 Å². The number of nitrogens with zero attached hydrogens (tertiary/aromatic N) is 2. The van der Waals surface area contributed by atoms with Crippen LogP contribution in [-0.4, -0.2) is 22.5 Å². The third-order valence-corrected chi connectivity index (χ3v) is 3.54. The first-order chi connectivity index (χ1) is 7.40. The van der Waals surface area contributed by atoms with Gasteiger partial charge < -0.3 is 22.1 Å². The van der Waals surface area contributed by atoms with E-state index in [1.807, 2.05) is 0 Å². The second-order valence-corrected chi connectivity index (χ2v) is 4.93. The molecule has 2 heterocycles. The van der Waals surface area contributed by atoms with Crippen molar-refractivity contribution in [3.05, 3.63) is 5.89 Å². The molecule has 2 rings (SSSR count). The van der Waals surface area contributed by atoms with Crippen molar-refractivity contribution in [3.63, 3.8) is 0 Å². The minimum absolute atomic E-state index is 0. The molecule has 0 spiro atoms. The zero-order valence-electron chi connectivity index (χ0n) is 9.49. The molecule has 0 aliphatic carbocycles. The third-order valence-electron chi connectivity index (χ3n) is 2.63. The maximum absolute atomic E-state index is 5.62. The molecule has 0 saturated carbocycles. The molecule has 1 aromatic heterocycles. The summed E-state index contributed by atoms with van der Waals surface area (Å²) in [6.45, 7) is 3.37. The number of halogens is 1. The number of hydrogen-bond acceptors (Lipinski definition) is 4. The molecule has 16 heavy (non-hydrogen) atoms. The van der Waals surface area contributed by atoms with Crippen LogP contribution in [0.4, 0.5) is 0 Å². The average molecular weight is 264 g/mol. The molecule has 6 heteroatoms. The molecule has 4 nitrogen and oxygen atoms in total. The Bertz CT molecular complexity index is 302. The van der Waals surface area contributed by atoms with E-state index < -0.39 is 0 Å². The second-order valence-electron chi connectivity index (χ2n) is 3.88. The lowest BCUT2D eigenvalue weighted by Crippen LogP contribution is -3.00. The maximum Gasteiger partial charge on any atom is 0.276 e. The summed E-state index contributed by atoms with van der Waals surface area (Å²) >= 11 is 1.67. The van der Waals surface area contributed by atoms with Crippen LogP contribution in [0.15, 0.2) is 9.64 Å². The summed E-state index contributed by atoms with van der Waals surface area (Å²) in [5.41, 5.74) is 0. The number of unbranched alkanes of at least 4 members (excludes halogenated alkanes) is 1. The number of rotatable bonds is 5. The van der Waals surface area contributed by atoms with Crippen molar-refractivity contribution in [1.82, 2.24) is 10.2 Å². The topological polar surface area (TPSA) is 55.5 Å². The van der Waals surface area contributed by atoms with E-state index in [2.05, 4.69) is 22.4 Å². The summed E-state index contributed by atoms with van der Waals surface area (Å²) in [5.74, 6) is 1.89. The molecule has 2 N–H and O–H groups in total. The predicted molar refractivity (Wildman–Crippen MR) is 58.7 cm³/mol. The van der Waals surface area contributed by atoms with Crippen LogP contribution in [0.5, 0.6) is 0 Å².